The second-order valence-corrected chi connectivity index (χ2v) is 4.43. The fraction of sp³-hybridized carbons (Fsp3) is 0.800. The Hall–Kier alpha value is -1.06. The first-order chi connectivity index (χ1) is 6.59. The molecule has 78 valence electrons. The third-order valence-corrected chi connectivity index (χ3v) is 3.20. The average molecular weight is 196 g/mol. The highest BCUT2D eigenvalue weighted by atomic mass is 16.2. The van der Waals surface area contributed by atoms with Crippen molar-refractivity contribution in [3.05, 3.63) is 0 Å². The van der Waals surface area contributed by atoms with E-state index in [1.807, 2.05) is 6.92 Å². The minimum Gasteiger partial charge on any atom is -0.321 e. The summed E-state index contributed by atoms with van der Waals surface area (Å²) in [4.78, 5) is 24.5. The molecule has 1 aliphatic carbocycles. The van der Waals surface area contributed by atoms with Gasteiger partial charge in [0.15, 0.2) is 0 Å². The first-order valence-electron chi connectivity index (χ1n) is 5.21. The molecule has 2 aliphatic rings. The number of imide groups is 1. The molecule has 2 rings (SSSR count). The van der Waals surface area contributed by atoms with Crippen molar-refractivity contribution < 1.29 is 9.59 Å². The second-order valence-electron chi connectivity index (χ2n) is 4.43. The van der Waals surface area contributed by atoms with Gasteiger partial charge in [0.1, 0.15) is 0 Å². The lowest BCUT2D eigenvalue weighted by atomic mass is 10.1. The molecule has 0 aromatic rings. The minimum atomic E-state index is -0.215. The van der Waals surface area contributed by atoms with Crippen LogP contribution >= 0.6 is 0 Å². The van der Waals surface area contributed by atoms with Crippen LogP contribution in [-0.2, 0) is 4.79 Å². The maximum atomic E-state index is 11.5. The first-order valence-corrected chi connectivity index (χ1v) is 5.21. The molecular formula is C10H16N2O2. The van der Waals surface area contributed by atoms with Crippen molar-refractivity contribution in [1.29, 1.82) is 0 Å². The van der Waals surface area contributed by atoms with Gasteiger partial charge >= 0.3 is 6.03 Å². The number of nitrogens with one attached hydrogen (secondary N) is 1. The van der Waals surface area contributed by atoms with Crippen LogP contribution < -0.4 is 5.32 Å². The Morgan fingerprint density at radius 3 is 2.64 bits per heavy atom. The van der Waals surface area contributed by atoms with Gasteiger partial charge in [-0.15, -0.1) is 0 Å². The summed E-state index contributed by atoms with van der Waals surface area (Å²) in [6.07, 6.45) is 2.43. The molecule has 2 fully saturated rings. The summed E-state index contributed by atoms with van der Waals surface area (Å²) >= 11 is 0. The maximum absolute atomic E-state index is 11.5. The zero-order valence-electron chi connectivity index (χ0n) is 8.62. The summed E-state index contributed by atoms with van der Waals surface area (Å²) in [6, 6.07) is 0.0676. The van der Waals surface area contributed by atoms with E-state index in [-0.39, 0.29) is 23.9 Å². The van der Waals surface area contributed by atoms with Gasteiger partial charge in [0, 0.05) is 12.6 Å². The number of carbonyl (C=O) groups excluding carboxylic acids is 2. The van der Waals surface area contributed by atoms with Gasteiger partial charge in [-0.1, -0.05) is 6.92 Å². The fourth-order valence-electron chi connectivity index (χ4n) is 1.95. The lowest BCUT2D eigenvalue weighted by Gasteiger charge is -2.35. The van der Waals surface area contributed by atoms with Crippen molar-refractivity contribution in [3.63, 3.8) is 0 Å². The van der Waals surface area contributed by atoms with Gasteiger partial charge in [0.05, 0.1) is 5.92 Å². The van der Waals surface area contributed by atoms with Crippen molar-refractivity contribution >= 4 is 11.9 Å². The van der Waals surface area contributed by atoms with Crippen LogP contribution in [0.3, 0.4) is 0 Å². The van der Waals surface area contributed by atoms with Gasteiger partial charge in [-0.05, 0) is 25.7 Å². The van der Waals surface area contributed by atoms with Crippen LogP contribution in [0.15, 0.2) is 0 Å². The lowest BCUT2D eigenvalue weighted by molar-refractivity contribution is -0.125. The molecule has 1 saturated heterocycles. The van der Waals surface area contributed by atoms with Crippen molar-refractivity contribution in [2.24, 2.45) is 11.8 Å². The molecule has 2 unspecified atom stereocenters. The Balaban J connectivity index is 2.03. The number of hydrogen-bond acceptors (Lipinski definition) is 2. The summed E-state index contributed by atoms with van der Waals surface area (Å²) in [6.45, 7) is 4.50. The average Bonchev–Trinajstić information content (AvgIpc) is 2.93. The first kappa shape index (κ1) is 9.49. The van der Waals surface area contributed by atoms with Gasteiger partial charge in [-0.3, -0.25) is 10.1 Å². The highest BCUT2D eigenvalue weighted by molar-refractivity contribution is 5.97. The van der Waals surface area contributed by atoms with Gasteiger partial charge in [-0.25, -0.2) is 4.79 Å². The molecular weight excluding hydrogens is 180 g/mol. The van der Waals surface area contributed by atoms with E-state index in [1.54, 1.807) is 4.90 Å². The third-order valence-electron chi connectivity index (χ3n) is 3.20. The zero-order valence-corrected chi connectivity index (χ0v) is 8.62. The van der Waals surface area contributed by atoms with Gasteiger partial charge in [0.2, 0.25) is 5.91 Å². The van der Waals surface area contributed by atoms with Crippen LogP contribution in [0.4, 0.5) is 4.79 Å². The van der Waals surface area contributed by atoms with Crippen LogP contribution in [0, 0.1) is 11.8 Å². The van der Waals surface area contributed by atoms with E-state index in [0.717, 1.165) is 0 Å². The minimum absolute atomic E-state index is 0.0751. The molecule has 0 spiro atoms. The molecule has 1 heterocycles. The van der Waals surface area contributed by atoms with Gasteiger partial charge in [-0.2, -0.15) is 0 Å². The number of carbonyl (C=O) groups is 2. The Morgan fingerprint density at radius 1 is 1.43 bits per heavy atom. The number of hydrogen-bond donors (Lipinski definition) is 1. The standard InChI is InChI=1S/C10H16N2O2/c1-6-5-12(7(2)8-3-4-8)10(14)11-9(6)13/h6-8H,3-5H2,1-2H3,(H,11,13,14). The number of urea groups is 1. The number of rotatable bonds is 2. The van der Waals surface area contributed by atoms with E-state index < -0.39 is 0 Å². The monoisotopic (exact) mass is 196 g/mol. The normalized spacial score (nSPS) is 30.1. The van der Waals surface area contributed by atoms with Gasteiger partial charge < -0.3 is 4.90 Å². The highest BCUT2D eigenvalue weighted by Gasteiger charge is 2.38. The Bertz CT molecular complexity index is 273. The number of nitrogens with zero attached hydrogens (tertiary/aromatic N) is 1. The van der Waals surface area contributed by atoms with Crippen LogP contribution in [-0.4, -0.2) is 29.4 Å². The Morgan fingerprint density at radius 2 is 2.07 bits per heavy atom. The number of amides is 3. The second kappa shape index (κ2) is 3.26. The van der Waals surface area contributed by atoms with E-state index >= 15 is 0 Å². The van der Waals surface area contributed by atoms with Crippen LogP contribution in [0.2, 0.25) is 0 Å². The SMILES string of the molecule is CC1CN(C(C)C2CC2)C(=O)NC1=O. The van der Waals surface area contributed by atoms with E-state index in [4.69, 9.17) is 0 Å². The Kier molecular flexibility index (Phi) is 2.21. The largest absolute Gasteiger partial charge is 0.324 e. The topological polar surface area (TPSA) is 49.4 Å². The lowest BCUT2D eigenvalue weighted by Crippen LogP contribution is -2.56. The Labute approximate surface area is 83.6 Å². The van der Waals surface area contributed by atoms with Gasteiger partial charge in [0.25, 0.3) is 0 Å². The molecule has 3 amide bonds. The predicted molar refractivity (Wildman–Crippen MR) is 51.6 cm³/mol. The summed E-state index contributed by atoms with van der Waals surface area (Å²) in [7, 11) is 0. The fourth-order valence-corrected chi connectivity index (χ4v) is 1.95. The predicted octanol–water partition coefficient (Wildman–Crippen LogP) is 0.973. The molecule has 4 nitrogen and oxygen atoms in total. The highest BCUT2D eigenvalue weighted by Crippen LogP contribution is 2.35. The van der Waals surface area contributed by atoms with E-state index in [2.05, 4.69) is 12.2 Å². The summed E-state index contributed by atoms with van der Waals surface area (Å²) in [5.41, 5.74) is 0. The quantitative estimate of drug-likeness (QED) is 0.715. The molecule has 1 N–H and O–H groups in total. The van der Waals surface area contributed by atoms with Crippen molar-refractivity contribution in [3.8, 4) is 0 Å². The molecule has 0 bridgehead atoms. The van der Waals surface area contributed by atoms with E-state index in [1.165, 1.54) is 12.8 Å². The molecule has 0 radical (unpaired) electrons. The maximum Gasteiger partial charge on any atom is 0.324 e. The molecule has 0 aromatic heterocycles. The van der Waals surface area contributed by atoms with E-state index in [9.17, 15) is 9.59 Å². The van der Waals surface area contributed by atoms with Crippen LogP contribution in [0.1, 0.15) is 26.7 Å². The zero-order chi connectivity index (χ0) is 10.3. The molecule has 0 aromatic carbocycles. The van der Waals surface area contributed by atoms with Crippen LogP contribution in [0.5, 0.6) is 0 Å². The van der Waals surface area contributed by atoms with Crippen molar-refractivity contribution in [1.82, 2.24) is 10.2 Å². The molecule has 4 heteroatoms. The summed E-state index contributed by atoms with van der Waals surface area (Å²) < 4.78 is 0. The molecule has 2 atom stereocenters. The van der Waals surface area contributed by atoms with Crippen molar-refractivity contribution in [2.75, 3.05) is 6.54 Å². The smallest absolute Gasteiger partial charge is 0.321 e. The molecule has 1 aliphatic heterocycles. The van der Waals surface area contributed by atoms with E-state index in [0.29, 0.717) is 12.5 Å². The third kappa shape index (κ3) is 1.61. The summed E-state index contributed by atoms with van der Waals surface area (Å²) in [5.74, 6) is 0.435. The molecule has 1 saturated carbocycles. The van der Waals surface area contributed by atoms with Crippen molar-refractivity contribution in [2.45, 2.75) is 32.7 Å². The summed E-state index contributed by atoms with van der Waals surface area (Å²) in [5, 5.41) is 2.39. The molecule has 14 heavy (non-hydrogen) atoms. The van der Waals surface area contributed by atoms with Crippen LogP contribution in [0.25, 0.3) is 0 Å².